The lowest BCUT2D eigenvalue weighted by Gasteiger charge is -2.26. The van der Waals surface area contributed by atoms with Crippen molar-refractivity contribution >= 4 is 29.7 Å². The van der Waals surface area contributed by atoms with Crippen LogP contribution in [-0.4, -0.2) is 29.0 Å². The highest BCUT2D eigenvalue weighted by Crippen LogP contribution is 2.31. The number of halogens is 1. The molecule has 7 nitrogen and oxygen atoms in total. The number of amides is 1. The van der Waals surface area contributed by atoms with Crippen molar-refractivity contribution in [2.45, 2.75) is 56.7 Å². The Morgan fingerprint density at radius 1 is 1.12 bits per heavy atom. The Morgan fingerprint density at radius 2 is 1.75 bits per heavy atom. The lowest BCUT2D eigenvalue weighted by atomic mass is 9.91. The summed E-state index contributed by atoms with van der Waals surface area (Å²) in [5, 5.41) is 17.3. The number of nitrogens with zero attached hydrogens (tertiary/aromatic N) is 1. The van der Waals surface area contributed by atoms with Crippen LogP contribution in [0.4, 0.5) is 11.4 Å². The van der Waals surface area contributed by atoms with Crippen molar-refractivity contribution in [1.82, 2.24) is 5.32 Å². The first-order valence-corrected chi connectivity index (χ1v) is 8.14. The van der Waals surface area contributed by atoms with Gasteiger partial charge in [0.1, 0.15) is 5.69 Å². The maximum absolute atomic E-state index is 12.3. The molecule has 0 aliphatic heterocycles. The number of rotatable bonds is 5. The first kappa shape index (κ1) is 18.5. The molecule has 2 aliphatic rings. The van der Waals surface area contributed by atoms with Crippen LogP contribution in [0.15, 0.2) is 18.2 Å². The molecule has 0 atom stereocenters. The van der Waals surface area contributed by atoms with Gasteiger partial charge in [-0.2, -0.15) is 0 Å². The Balaban J connectivity index is 0.00000208. The number of nitrogens with one attached hydrogen (secondary N) is 2. The summed E-state index contributed by atoms with van der Waals surface area (Å²) in [5.41, 5.74) is 6.62. The van der Waals surface area contributed by atoms with Crippen LogP contribution in [0, 0.1) is 10.1 Å². The zero-order valence-electron chi connectivity index (χ0n) is 13.4. The molecule has 0 radical (unpaired) electrons. The van der Waals surface area contributed by atoms with Gasteiger partial charge < -0.3 is 16.4 Å². The second-order valence-corrected chi connectivity index (χ2v) is 6.49. The van der Waals surface area contributed by atoms with Crippen LogP contribution in [-0.2, 0) is 0 Å². The van der Waals surface area contributed by atoms with Gasteiger partial charge in [0.15, 0.2) is 0 Å². The molecule has 3 rings (SSSR count). The second kappa shape index (κ2) is 7.81. The van der Waals surface area contributed by atoms with E-state index in [2.05, 4.69) is 10.6 Å². The van der Waals surface area contributed by atoms with E-state index in [1.165, 1.54) is 6.07 Å². The van der Waals surface area contributed by atoms with Gasteiger partial charge in [0.25, 0.3) is 11.6 Å². The first-order valence-electron chi connectivity index (χ1n) is 8.14. The van der Waals surface area contributed by atoms with E-state index in [9.17, 15) is 14.9 Å². The standard InChI is InChI=1S/C16H22N4O3.ClH/c17-11-2-4-13(5-3-11)19-16(21)10-1-8-14(18-12-6-7-12)15(9-10)20(22)23;/h1,8-9,11-13,18H,2-7,17H2,(H,19,21);1H. The van der Waals surface area contributed by atoms with E-state index in [0.29, 0.717) is 17.3 Å². The molecular formula is C16H23ClN4O3. The van der Waals surface area contributed by atoms with Gasteiger partial charge in [0.2, 0.25) is 0 Å². The number of anilines is 1. The van der Waals surface area contributed by atoms with Crippen molar-refractivity contribution in [3.05, 3.63) is 33.9 Å². The Kier molecular flexibility index (Phi) is 6.01. The molecule has 1 aromatic rings. The number of benzene rings is 1. The zero-order chi connectivity index (χ0) is 16.4. The van der Waals surface area contributed by atoms with Crippen molar-refractivity contribution < 1.29 is 9.72 Å². The Hall–Kier alpha value is -1.86. The van der Waals surface area contributed by atoms with E-state index in [-0.39, 0.29) is 36.1 Å². The number of hydrogen-bond acceptors (Lipinski definition) is 5. The van der Waals surface area contributed by atoms with E-state index >= 15 is 0 Å². The fourth-order valence-electron chi connectivity index (χ4n) is 2.93. The van der Waals surface area contributed by atoms with Crippen molar-refractivity contribution in [2.75, 3.05) is 5.32 Å². The SMILES string of the molecule is Cl.NC1CCC(NC(=O)c2ccc(NC3CC3)c([N+](=O)[O-])c2)CC1. The molecule has 1 amide bonds. The molecule has 2 fully saturated rings. The summed E-state index contributed by atoms with van der Waals surface area (Å²) in [6.45, 7) is 0. The van der Waals surface area contributed by atoms with E-state index < -0.39 is 4.92 Å². The topological polar surface area (TPSA) is 110 Å². The number of carbonyl (C=O) groups excluding carboxylic acids is 1. The van der Waals surface area contributed by atoms with Gasteiger partial charge in [-0.05, 0) is 50.7 Å². The Labute approximate surface area is 146 Å². The quantitative estimate of drug-likeness (QED) is 0.556. The Bertz CT molecular complexity index is 613. The van der Waals surface area contributed by atoms with Crippen molar-refractivity contribution in [1.29, 1.82) is 0 Å². The molecule has 4 N–H and O–H groups in total. The summed E-state index contributed by atoms with van der Waals surface area (Å²) < 4.78 is 0. The number of nitro groups is 1. The van der Waals surface area contributed by atoms with Gasteiger partial charge >= 0.3 is 0 Å². The fourth-order valence-corrected chi connectivity index (χ4v) is 2.93. The molecule has 0 saturated heterocycles. The average molecular weight is 355 g/mol. The molecule has 24 heavy (non-hydrogen) atoms. The molecule has 2 saturated carbocycles. The molecule has 132 valence electrons. The summed E-state index contributed by atoms with van der Waals surface area (Å²) in [6.07, 6.45) is 5.57. The highest BCUT2D eigenvalue weighted by molar-refractivity contribution is 5.96. The molecule has 8 heteroatoms. The largest absolute Gasteiger partial charge is 0.377 e. The van der Waals surface area contributed by atoms with Crippen molar-refractivity contribution in [3.8, 4) is 0 Å². The van der Waals surface area contributed by atoms with Gasteiger partial charge in [-0.1, -0.05) is 0 Å². The van der Waals surface area contributed by atoms with Gasteiger partial charge in [0, 0.05) is 29.8 Å². The number of carbonyl (C=O) groups is 1. The second-order valence-electron chi connectivity index (χ2n) is 6.49. The van der Waals surface area contributed by atoms with Crippen LogP contribution in [0.25, 0.3) is 0 Å². The molecule has 0 bridgehead atoms. The van der Waals surface area contributed by atoms with Crippen LogP contribution in [0.1, 0.15) is 48.9 Å². The molecule has 0 spiro atoms. The summed E-state index contributed by atoms with van der Waals surface area (Å²) in [4.78, 5) is 23.1. The first-order chi connectivity index (χ1) is 11.0. The number of nitrogens with two attached hydrogens (primary N) is 1. The average Bonchev–Trinajstić information content (AvgIpc) is 3.33. The third-order valence-corrected chi connectivity index (χ3v) is 4.50. The highest BCUT2D eigenvalue weighted by Gasteiger charge is 2.26. The minimum Gasteiger partial charge on any atom is -0.377 e. The van der Waals surface area contributed by atoms with Gasteiger partial charge in [0.05, 0.1) is 4.92 Å². The van der Waals surface area contributed by atoms with Gasteiger partial charge in [-0.3, -0.25) is 14.9 Å². The predicted octanol–water partition coefficient (Wildman–Crippen LogP) is 2.59. The van der Waals surface area contributed by atoms with Crippen LogP contribution in [0.5, 0.6) is 0 Å². The third-order valence-electron chi connectivity index (χ3n) is 4.50. The summed E-state index contributed by atoms with van der Waals surface area (Å²) >= 11 is 0. The minimum atomic E-state index is -0.443. The van der Waals surface area contributed by atoms with Crippen LogP contribution < -0.4 is 16.4 Å². The minimum absolute atomic E-state index is 0. The monoisotopic (exact) mass is 354 g/mol. The smallest absolute Gasteiger partial charge is 0.293 e. The predicted molar refractivity (Wildman–Crippen MR) is 94.7 cm³/mol. The van der Waals surface area contributed by atoms with Crippen LogP contribution in [0.3, 0.4) is 0 Å². The molecule has 0 aromatic heterocycles. The van der Waals surface area contributed by atoms with Crippen molar-refractivity contribution in [3.63, 3.8) is 0 Å². The maximum atomic E-state index is 12.3. The van der Waals surface area contributed by atoms with E-state index in [0.717, 1.165) is 38.5 Å². The lowest BCUT2D eigenvalue weighted by molar-refractivity contribution is -0.384. The number of hydrogen-bond donors (Lipinski definition) is 3. The summed E-state index contributed by atoms with van der Waals surface area (Å²) in [5.74, 6) is -0.258. The van der Waals surface area contributed by atoms with E-state index in [1.54, 1.807) is 12.1 Å². The lowest BCUT2D eigenvalue weighted by Crippen LogP contribution is -2.40. The molecule has 1 aromatic carbocycles. The molecule has 0 heterocycles. The fraction of sp³-hybridized carbons (Fsp3) is 0.562. The zero-order valence-corrected chi connectivity index (χ0v) is 14.2. The summed E-state index contributed by atoms with van der Waals surface area (Å²) in [6, 6.07) is 5.26. The third kappa shape index (κ3) is 4.58. The van der Waals surface area contributed by atoms with Crippen LogP contribution in [0.2, 0.25) is 0 Å². The van der Waals surface area contributed by atoms with Gasteiger partial charge in [-0.15, -0.1) is 12.4 Å². The normalized spacial score (nSPS) is 23.0. The van der Waals surface area contributed by atoms with Crippen LogP contribution >= 0.6 is 12.4 Å². The van der Waals surface area contributed by atoms with E-state index in [1.807, 2.05) is 0 Å². The molecular weight excluding hydrogens is 332 g/mol. The van der Waals surface area contributed by atoms with E-state index in [4.69, 9.17) is 5.73 Å². The molecule has 0 unspecified atom stereocenters. The van der Waals surface area contributed by atoms with Gasteiger partial charge in [-0.25, -0.2) is 0 Å². The summed E-state index contributed by atoms with van der Waals surface area (Å²) in [7, 11) is 0. The number of nitro benzene ring substituents is 1. The van der Waals surface area contributed by atoms with Crippen molar-refractivity contribution in [2.24, 2.45) is 5.73 Å². The maximum Gasteiger partial charge on any atom is 0.293 e. The molecule has 2 aliphatic carbocycles. The Morgan fingerprint density at radius 3 is 2.33 bits per heavy atom. The highest BCUT2D eigenvalue weighted by atomic mass is 35.5.